The van der Waals surface area contributed by atoms with Gasteiger partial charge in [0.05, 0.1) is 5.56 Å². The predicted octanol–water partition coefficient (Wildman–Crippen LogP) is 4.38. The Morgan fingerprint density at radius 2 is 1.94 bits per heavy atom. The van der Waals surface area contributed by atoms with Crippen LogP contribution in [0.25, 0.3) is 0 Å². The first-order valence-electron chi connectivity index (χ1n) is 10.5. The number of carboxylic acids is 1. The normalized spacial score (nSPS) is 19.1. The number of aromatic carboxylic acids is 1. The van der Waals surface area contributed by atoms with E-state index in [0.29, 0.717) is 17.5 Å². The van der Waals surface area contributed by atoms with Gasteiger partial charge in [0, 0.05) is 18.8 Å². The van der Waals surface area contributed by atoms with Crippen LogP contribution in [0.2, 0.25) is 0 Å². The quantitative estimate of drug-likeness (QED) is 0.500. The molecule has 2 atom stereocenters. The van der Waals surface area contributed by atoms with Crippen LogP contribution in [0.5, 0.6) is 0 Å². The monoisotopic (exact) mass is 442 g/mol. The fraction of sp³-hybridized carbons (Fsp3) is 0.400. The molecule has 1 unspecified atom stereocenters. The molecular formula is C25H34N2O5. The number of amides is 1. The van der Waals surface area contributed by atoms with E-state index in [1.165, 1.54) is 31.0 Å². The topological polar surface area (TPSA) is 110 Å². The predicted molar refractivity (Wildman–Crippen MR) is 127 cm³/mol. The Morgan fingerprint density at radius 1 is 1.31 bits per heavy atom. The number of fused-ring (bicyclic) bond motifs is 1. The van der Waals surface area contributed by atoms with E-state index in [-0.39, 0.29) is 6.61 Å². The van der Waals surface area contributed by atoms with E-state index in [9.17, 15) is 9.59 Å². The maximum atomic E-state index is 11.0. The lowest BCUT2D eigenvalue weighted by molar-refractivity contribution is -0.106. The van der Waals surface area contributed by atoms with Gasteiger partial charge in [0.15, 0.2) is 0 Å². The second-order valence-electron chi connectivity index (χ2n) is 7.79. The van der Waals surface area contributed by atoms with Crippen molar-refractivity contribution in [3.63, 3.8) is 0 Å². The molecule has 1 aliphatic heterocycles. The summed E-state index contributed by atoms with van der Waals surface area (Å²) in [5, 5.41) is 9.05. The zero-order valence-electron chi connectivity index (χ0n) is 19.1. The molecule has 1 saturated carbocycles. The van der Waals surface area contributed by atoms with Crippen LogP contribution < -0.4 is 10.6 Å². The number of anilines is 1. The van der Waals surface area contributed by atoms with Gasteiger partial charge in [-0.25, -0.2) is 9.59 Å². The number of carbonyl (C=O) groups excluding carboxylic acids is 2. The summed E-state index contributed by atoms with van der Waals surface area (Å²) < 4.78 is 4.50. The molecule has 32 heavy (non-hydrogen) atoms. The number of benzene rings is 1. The van der Waals surface area contributed by atoms with E-state index >= 15 is 0 Å². The van der Waals surface area contributed by atoms with Crippen molar-refractivity contribution in [3.05, 3.63) is 66.3 Å². The van der Waals surface area contributed by atoms with Gasteiger partial charge in [0.25, 0.3) is 0 Å². The van der Waals surface area contributed by atoms with Crippen molar-refractivity contribution in [3.8, 4) is 0 Å². The first kappa shape index (κ1) is 26.7. The van der Waals surface area contributed by atoms with Gasteiger partial charge in [0.2, 0.25) is 0 Å². The van der Waals surface area contributed by atoms with Gasteiger partial charge in [0.1, 0.15) is 12.9 Å². The van der Waals surface area contributed by atoms with E-state index in [2.05, 4.69) is 36.8 Å². The molecule has 0 aromatic heterocycles. The van der Waals surface area contributed by atoms with Crippen molar-refractivity contribution in [2.24, 2.45) is 17.6 Å². The number of hydrogen-bond acceptors (Lipinski definition) is 5. The molecule has 174 valence electrons. The summed E-state index contributed by atoms with van der Waals surface area (Å²) in [7, 11) is 2.15. The van der Waals surface area contributed by atoms with Crippen molar-refractivity contribution in [2.75, 3.05) is 18.6 Å². The zero-order chi connectivity index (χ0) is 24.3. The first-order valence-corrected chi connectivity index (χ1v) is 10.5. The molecule has 1 aromatic carbocycles. The highest BCUT2D eigenvalue weighted by atomic mass is 16.5. The molecule has 7 nitrogen and oxygen atoms in total. The molecule has 2 aliphatic rings. The molecule has 7 heteroatoms. The third-order valence-corrected chi connectivity index (χ3v) is 5.36. The van der Waals surface area contributed by atoms with Gasteiger partial charge >= 0.3 is 12.1 Å². The number of allylic oxidation sites excluding steroid dienone is 2. The average molecular weight is 443 g/mol. The SMILES string of the molecule is C=C/C=C(\C=C)COC(N)=O.CC1Cc2cc(C(=O)O)ccc2N(C)[C@H]1C1CC1.CC=O. The van der Waals surface area contributed by atoms with Crippen LogP contribution in [-0.2, 0) is 16.0 Å². The van der Waals surface area contributed by atoms with Crippen molar-refractivity contribution >= 4 is 24.0 Å². The minimum atomic E-state index is -0.836. The molecule has 1 amide bonds. The Bertz CT molecular complexity index is 858. The van der Waals surface area contributed by atoms with Gasteiger partial charge in [-0.3, -0.25) is 0 Å². The standard InChI is InChI=1S/C15H19NO2.C8H11NO2.C2H4O/c1-9-7-12-8-11(15(17)18)5-6-13(12)16(2)14(9)10-3-4-10;1-3-5-7(4-2)6-11-8(9)10;1-2-3/h5-6,8-10,14H,3-4,7H2,1-2H3,(H,17,18);3-5H,1-2,6H2,(H2,9,10);2H,1H3/b;7-5+;/t9?,14-;;/m1../s1. The molecule has 3 N–H and O–H groups in total. The van der Waals surface area contributed by atoms with Gasteiger partial charge in [-0.15, -0.1) is 0 Å². The van der Waals surface area contributed by atoms with Gasteiger partial charge in [-0.05, 0) is 67.4 Å². The van der Waals surface area contributed by atoms with Gasteiger partial charge in [-0.2, -0.15) is 0 Å². The molecule has 0 spiro atoms. The molecule has 0 radical (unpaired) electrons. The van der Waals surface area contributed by atoms with Crippen LogP contribution in [-0.4, -0.2) is 43.2 Å². The van der Waals surface area contributed by atoms with E-state index in [4.69, 9.17) is 15.6 Å². The fourth-order valence-electron chi connectivity index (χ4n) is 3.94. The lowest BCUT2D eigenvalue weighted by Crippen LogP contribution is -2.43. The molecule has 0 saturated heterocycles. The van der Waals surface area contributed by atoms with Crippen LogP contribution in [0.3, 0.4) is 0 Å². The number of nitrogens with zero attached hydrogens (tertiary/aromatic N) is 1. The summed E-state index contributed by atoms with van der Waals surface area (Å²) in [4.78, 5) is 32.3. The minimum Gasteiger partial charge on any atom is -0.478 e. The number of carbonyl (C=O) groups is 3. The molecular weight excluding hydrogens is 408 g/mol. The van der Waals surface area contributed by atoms with Crippen LogP contribution in [0.15, 0.2) is 55.2 Å². The average Bonchev–Trinajstić information content (AvgIpc) is 3.56. The minimum absolute atomic E-state index is 0.144. The van der Waals surface area contributed by atoms with Crippen molar-refractivity contribution < 1.29 is 24.2 Å². The van der Waals surface area contributed by atoms with Crippen molar-refractivity contribution in [1.82, 2.24) is 0 Å². The first-order chi connectivity index (χ1) is 15.2. The Labute approximate surface area is 190 Å². The van der Waals surface area contributed by atoms with Crippen LogP contribution >= 0.6 is 0 Å². The Balaban J connectivity index is 0.000000316. The second kappa shape index (κ2) is 13.1. The number of rotatable bonds is 6. The Hall–Kier alpha value is -3.35. The summed E-state index contributed by atoms with van der Waals surface area (Å²) in [5.74, 6) is 0.619. The molecule has 1 fully saturated rings. The van der Waals surface area contributed by atoms with E-state index in [1.807, 2.05) is 12.1 Å². The number of carboxylic acid groups (broad SMARTS) is 1. The summed E-state index contributed by atoms with van der Waals surface area (Å²) in [6.07, 6.45) is 8.51. The summed E-state index contributed by atoms with van der Waals surface area (Å²) >= 11 is 0. The number of ether oxygens (including phenoxy) is 1. The highest BCUT2D eigenvalue weighted by molar-refractivity contribution is 5.88. The highest BCUT2D eigenvalue weighted by Gasteiger charge is 2.40. The largest absolute Gasteiger partial charge is 0.478 e. The van der Waals surface area contributed by atoms with Crippen LogP contribution in [0.1, 0.15) is 42.6 Å². The lowest BCUT2D eigenvalue weighted by atomic mass is 9.84. The second-order valence-corrected chi connectivity index (χ2v) is 7.79. The maximum absolute atomic E-state index is 11.0. The third kappa shape index (κ3) is 8.06. The summed E-state index contributed by atoms with van der Waals surface area (Å²) in [6.45, 7) is 10.9. The van der Waals surface area contributed by atoms with Gasteiger partial charge < -0.3 is 25.3 Å². The molecule has 1 aliphatic carbocycles. The number of nitrogens with two attached hydrogens (primary N) is 1. The number of primary amides is 1. The third-order valence-electron chi connectivity index (χ3n) is 5.36. The molecule has 3 rings (SSSR count). The molecule has 1 heterocycles. The highest BCUT2D eigenvalue weighted by Crippen LogP contribution is 2.44. The number of hydrogen-bond donors (Lipinski definition) is 2. The van der Waals surface area contributed by atoms with E-state index in [0.717, 1.165) is 24.2 Å². The van der Waals surface area contributed by atoms with Gasteiger partial charge in [-0.1, -0.05) is 38.3 Å². The van der Waals surface area contributed by atoms with E-state index < -0.39 is 12.1 Å². The Kier molecular flexibility index (Phi) is 11.0. The Morgan fingerprint density at radius 3 is 2.41 bits per heavy atom. The summed E-state index contributed by atoms with van der Waals surface area (Å²) in [6, 6.07) is 6.17. The number of aldehydes is 1. The molecule has 0 bridgehead atoms. The van der Waals surface area contributed by atoms with Crippen molar-refractivity contribution in [2.45, 2.75) is 39.2 Å². The lowest BCUT2D eigenvalue weighted by Gasteiger charge is -2.41. The van der Waals surface area contributed by atoms with Crippen LogP contribution in [0.4, 0.5) is 10.5 Å². The molecule has 1 aromatic rings. The smallest absolute Gasteiger partial charge is 0.404 e. The van der Waals surface area contributed by atoms with Crippen molar-refractivity contribution in [1.29, 1.82) is 0 Å². The van der Waals surface area contributed by atoms with E-state index in [1.54, 1.807) is 24.3 Å². The van der Waals surface area contributed by atoms with Crippen LogP contribution in [0, 0.1) is 11.8 Å². The maximum Gasteiger partial charge on any atom is 0.404 e. The summed E-state index contributed by atoms with van der Waals surface area (Å²) in [5.41, 5.74) is 8.31. The fourth-order valence-corrected chi connectivity index (χ4v) is 3.94. The zero-order valence-corrected chi connectivity index (χ0v) is 19.1.